The van der Waals surface area contributed by atoms with Gasteiger partial charge in [0.2, 0.25) is 0 Å². The molecular formula is C44H60O9Se. The third kappa shape index (κ3) is 13.3. The van der Waals surface area contributed by atoms with Crippen LogP contribution in [0.15, 0.2) is 85.0 Å². The van der Waals surface area contributed by atoms with Gasteiger partial charge in [0.25, 0.3) is 0 Å². The van der Waals surface area contributed by atoms with Gasteiger partial charge in [-0.15, -0.1) is 0 Å². The molecule has 0 amide bonds. The monoisotopic (exact) mass is 812 g/mol. The van der Waals surface area contributed by atoms with Crippen LogP contribution in [0, 0.1) is 11.8 Å². The molecule has 4 fully saturated rings. The Labute approximate surface area is 328 Å². The molecule has 6 rings (SSSR count). The standard InChI is InChI=1S/C44H60O9Se/c1-46-44(45)40(54-35-19-7-3-8-20-35)22-10-4-9-21-36-37(27-26-34(51-41-23-11-14-28-47-41)32-50-33-17-5-2-6-18-33)39(53-43-25-13-16-30-49-43)31-38(36)52-42-24-12-15-29-48-42/h2-9,17-20,26-27,34,36-43H,10-16,21-25,28-32H2,1H3/b9-4+,27-26+/t34-,36-,37-,38+,39-,40?,41?,42?,43?/m1/s1. The third-order valence-electron chi connectivity index (χ3n) is 10.6. The maximum absolute atomic E-state index is 12.7. The zero-order chi connectivity index (χ0) is 37.2. The maximum atomic E-state index is 12.7. The second kappa shape index (κ2) is 22.9. The molecule has 3 aliphatic heterocycles. The molecule has 9 nitrogen and oxygen atoms in total. The summed E-state index contributed by atoms with van der Waals surface area (Å²) in [5, 5.41) is 0. The van der Waals surface area contributed by atoms with E-state index < -0.39 is 0 Å². The average molecular weight is 812 g/mol. The number of ether oxygens (including phenoxy) is 8. The molecule has 0 spiro atoms. The number of carbonyl (C=O) groups excluding carboxylic acids is 1. The number of hydrogen-bond donors (Lipinski definition) is 0. The normalized spacial score (nSPS) is 28.9. The molecule has 4 unspecified atom stereocenters. The summed E-state index contributed by atoms with van der Waals surface area (Å²) in [6.45, 7) is 2.55. The van der Waals surface area contributed by atoms with Crippen LogP contribution in [0.4, 0.5) is 0 Å². The van der Waals surface area contributed by atoms with Crippen molar-refractivity contribution < 1.29 is 42.7 Å². The number of benzene rings is 2. The van der Waals surface area contributed by atoms with E-state index in [-0.39, 0.29) is 74.8 Å². The molecule has 296 valence electrons. The quantitative estimate of drug-likeness (QED) is 0.0805. The molecule has 0 bridgehead atoms. The van der Waals surface area contributed by atoms with Crippen LogP contribution in [0.3, 0.4) is 0 Å². The summed E-state index contributed by atoms with van der Waals surface area (Å²) in [5.74, 6) is 0.867. The van der Waals surface area contributed by atoms with Gasteiger partial charge < -0.3 is 9.47 Å². The van der Waals surface area contributed by atoms with Gasteiger partial charge in [0.05, 0.1) is 0 Å². The van der Waals surface area contributed by atoms with E-state index in [2.05, 4.69) is 36.4 Å². The van der Waals surface area contributed by atoms with Crippen LogP contribution in [0.25, 0.3) is 0 Å². The van der Waals surface area contributed by atoms with Crippen molar-refractivity contribution in [2.45, 2.75) is 125 Å². The van der Waals surface area contributed by atoms with Crippen LogP contribution in [0.1, 0.15) is 83.5 Å². The van der Waals surface area contributed by atoms with Crippen molar-refractivity contribution in [2.24, 2.45) is 11.8 Å². The van der Waals surface area contributed by atoms with Gasteiger partial charge in [-0.1, -0.05) is 18.2 Å². The molecule has 54 heavy (non-hydrogen) atoms. The Morgan fingerprint density at radius 2 is 1.43 bits per heavy atom. The first kappa shape index (κ1) is 41.1. The zero-order valence-corrected chi connectivity index (χ0v) is 33.6. The molecule has 2 aromatic carbocycles. The topological polar surface area (TPSA) is 90.9 Å². The molecular weight excluding hydrogens is 751 g/mol. The van der Waals surface area contributed by atoms with Crippen LogP contribution >= 0.6 is 0 Å². The van der Waals surface area contributed by atoms with Crippen molar-refractivity contribution in [2.75, 3.05) is 33.5 Å². The Bertz CT molecular complexity index is 1390. The van der Waals surface area contributed by atoms with Crippen LogP contribution < -0.4 is 9.20 Å². The molecule has 4 aliphatic rings. The number of carbonyl (C=O) groups is 1. The van der Waals surface area contributed by atoms with Crippen molar-refractivity contribution >= 4 is 25.4 Å². The van der Waals surface area contributed by atoms with Gasteiger partial charge in [0, 0.05) is 13.2 Å². The van der Waals surface area contributed by atoms with Crippen LogP contribution in [0.5, 0.6) is 5.75 Å². The molecule has 10 heteroatoms. The van der Waals surface area contributed by atoms with E-state index in [0.717, 1.165) is 102 Å². The fourth-order valence-corrected chi connectivity index (χ4v) is 10.0. The first-order chi connectivity index (χ1) is 26.6. The summed E-state index contributed by atoms with van der Waals surface area (Å²) >= 11 is -0.000277. The van der Waals surface area contributed by atoms with E-state index in [4.69, 9.17) is 37.9 Å². The average Bonchev–Trinajstić information content (AvgIpc) is 3.54. The van der Waals surface area contributed by atoms with Gasteiger partial charge in [0.15, 0.2) is 6.29 Å². The van der Waals surface area contributed by atoms with E-state index in [9.17, 15) is 4.79 Å². The Hall–Kier alpha value is -2.53. The fourth-order valence-electron chi connectivity index (χ4n) is 7.73. The Morgan fingerprint density at radius 3 is 2.06 bits per heavy atom. The number of hydrogen-bond acceptors (Lipinski definition) is 9. The Balaban J connectivity index is 1.19. The molecule has 1 saturated carbocycles. The Morgan fingerprint density at radius 1 is 0.796 bits per heavy atom. The molecule has 3 heterocycles. The van der Waals surface area contributed by atoms with Crippen molar-refractivity contribution in [3.63, 3.8) is 0 Å². The SMILES string of the molecule is COC(=O)C(CC/C=C/C[C@@H]1[C@@H](/C=C/[C@H](COc2ccccc2)OC2CCCCO2)[C@H](OC2CCCCO2)C[C@@H]1OC1CCCCO1)[Se]c1ccccc1. The zero-order valence-electron chi connectivity index (χ0n) is 31.9. The molecule has 9 atom stereocenters. The fraction of sp³-hybridized carbons (Fsp3) is 0.614. The number of rotatable bonds is 19. The van der Waals surface area contributed by atoms with Crippen LogP contribution in [-0.4, -0.2) is 91.6 Å². The van der Waals surface area contributed by atoms with E-state index in [0.29, 0.717) is 13.2 Å². The number of methoxy groups -OCH3 is 1. The van der Waals surface area contributed by atoms with Crippen molar-refractivity contribution in [3.05, 3.63) is 85.0 Å². The van der Waals surface area contributed by atoms with E-state index in [1.165, 1.54) is 11.6 Å². The summed E-state index contributed by atoms with van der Waals surface area (Å²) in [4.78, 5) is 12.6. The number of esters is 1. The van der Waals surface area contributed by atoms with E-state index in [1.807, 2.05) is 48.5 Å². The molecule has 3 saturated heterocycles. The summed E-state index contributed by atoms with van der Waals surface area (Å²) in [6.07, 6.45) is 20.1. The predicted octanol–water partition coefficient (Wildman–Crippen LogP) is 7.71. The number of allylic oxidation sites excluding steroid dienone is 2. The van der Waals surface area contributed by atoms with Gasteiger partial charge in [-0.2, -0.15) is 0 Å². The predicted molar refractivity (Wildman–Crippen MR) is 209 cm³/mol. The Kier molecular flexibility index (Phi) is 17.4. The summed E-state index contributed by atoms with van der Waals surface area (Å²) in [6, 6.07) is 20.1. The number of para-hydroxylation sites is 1. The molecule has 2 aromatic rings. The van der Waals surface area contributed by atoms with Gasteiger partial charge in [-0.3, -0.25) is 0 Å². The molecule has 0 radical (unpaired) electrons. The van der Waals surface area contributed by atoms with Gasteiger partial charge >= 0.3 is 226 Å². The minimum atomic E-state index is -0.306. The third-order valence-corrected chi connectivity index (χ3v) is 13.3. The van der Waals surface area contributed by atoms with E-state index >= 15 is 0 Å². The summed E-state index contributed by atoms with van der Waals surface area (Å²) in [5.41, 5.74) is 0. The van der Waals surface area contributed by atoms with Crippen molar-refractivity contribution in [3.8, 4) is 5.75 Å². The van der Waals surface area contributed by atoms with Crippen LogP contribution in [-0.2, 0) is 38.0 Å². The molecule has 0 N–H and O–H groups in total. The summed E-state index contributed by atoms with van der Waals surface area (Å²) < 4.78 is 51.0. The van der Waals surface area contributed by atoms with Gasteiger partial charge in [-0.05, 0) is 50.7 Å². The van der Waals surface area contributed by atoms with Crippen LogP contribution in [0.2, 0.25) is 4.82 Å². The van der Waals surface area contributed by atoms with Gasteiger partial charge in [-0.25, -0.2) is 0 Å². The van der Waals surface area contributed by atoms with Gasteiger partial charge in [0.1, 0.15) is 5.75 Å². The van der Waals surface area contributed by atoms with Crippen molar-refractivity contribution in [1.29, 1.82) is 0 Å². The molecule has 1 aliphatic carbocycles. The molecule has 0 aromatic heterocycles. The first-order valence-corrected chi connectivity index (χ1v) is 22.1. The first-order valence-electron chi connectivity index (χ1n) is 20.3. The minimum absolute atomic E-state index is 0.000277. The summed E-state index contributed by atoms with van der Waals surface area (Å²) in [7, 11) is 1.48. The van der Waals surface area contributed by atoms with Crippen molar-refractivity contribution in [1.82, 2.24) is 0 Å². The second-order valence-corrected chi connectivity index (χ2v) is 17.3. The van der Waals surface area contributed by atoms with E-state index in [1.54, 1.807) is 0 Å². The second-order valence-electron chi connectivity index (χ2n) is 14.6.